The van der Waals surface area contributed by atoms with Gasteiger partial charge >= 0.3 is 0 Å². The summed E-state index contributed by atoms with van der Waals surface area (Å²) in [6, 6.07) is 1.88. The number of methoxy groups -OCH3 is 2. The van der Waals surface area contributed by atoms with Crippen LogP contribution in [0.4, 0.5) is 11.8 Å². The minimum absolute atomic E-state index is 0.185. The number of aryl methyl sites for hydroxylation is 1. The van der Waals surface area contributed by atoms with Crippen LogP contribution in [0.3, 0.4) is 0 Å². The summed E-state index contributed by atoms with van der Waals surface area (Å²) in [4.78, 5) is 13.9. The average Bonchev–Trinajstić information content (AvgIpc) is 3.68. The molecule has 1 aliphatic heterocycles. The maximum Gasteiger partial charge on any atom is 0.224 e. The van der Waals surface area contributed by atoms with Gasteiger partial charge < -0.3 is 30.0 Å². The third kappa shape index (κ3) is 5.52. The van der Waals surface area contributed by atoms with E-state index in [1.165, 1.54) is 12.8 Å². The first-order valence-corrected chi connectivity index (χ1v) is 12.0. The van der Waals surface area contributed by atoms with Gasteiger partial charge in [0.05, 0.1) is 31.0 Å². The molecule has 0 saturated heterocycles. The number of hydrogen-bond acceptors (Lipinski definition) is 9. The molecule has 0 bridgehead atoms. The largest absolute Gasteiger partial charge is 0.488 e. The molecule has 184 valence electrons. The van der Waals surface area contributed by atoms with Gasteiger partial charge in [0.1, 0.15) is 18.2 Å². The molecule has 4 rings (SSSR count). The summed E-state index contributed by atoms with van der Waals surface area (Å²) in [6.07, 6.45) is 6.27. The van der Waals surface area contributed by atoms with Crippen molar-refractivity contribution in [3.63, 3.8) is 0 Å². The number of fused-ring (bicyclic) bond motifs is 1. The Kier molecular flexibility index (Phi) is 7.72. The van der Waals surface area contributed by atoms with Gasteiger partial charge in [-0.15, -0.1) is 0 Å². The van der Waals surface area contributed by atoms with Crippen molar-refractivity contribution in [2.75, 3.05) is 44.5 Å². The summed E-state index contributed by atoms with van der Waals surface area (Å²) in [5.74, 6) is 3.98. The predicted molar refractivity (Wildman–Crippen MR) is 132 cm³/mol. The highest BCUT2D eigenvalue weighted by Crippen LogP contribution is 2.37. The fourth-order valence-corrected chi connectivity index (χ4v) is 4.02. The summed E-state index contributed by atoms with van der Waals surface area (Å²) in [5, 5.41) is 16.4. The van der Waals surface area contributed by atoms with Gasteiger partial charge in [0, 0.05) is 25.8 Å². The molecule has 9 heteroatoms. The highest BCUT2D eigenvalue weighted by Gasteiger charge is 2.25. The second kappa shape index (κ2) is 10.9. The van der Waals surface area contributed by atoms with Gasteiger partial charge in [-0.1, -0.05) is 13.3 Å². The molecular weight excluding hydrogens is 434 g/mol. The SMILES string of the molecule is CCC(CO)CCNc1nc(NCC2CC2)nc(C)c1C1=Cc2cc(OC)nc(OC)c2CO1. The van der Waals surface area contributed by atoms with Crippen LogP contribution in [0.5, 0.6) is 11.8 Å². The van der Waals surface area contributed by atoms with E-state index < -0.39 is 0 Å². The molecule has 0 aromatic carbocycles. The standard InChI is InChI=1S/C25H35N5O4/c1-5-16(13-31)8-9-26-23-22(15(2)28-25(30-23)27-12-17-6-7-17)20-10-18-11-21(32-3)29-24(33-4)19(18)14-34-20/h10-11,16-17,31H,5-9,12-14H2,1-4H3,(H2,26,27,28,30). The Labute approximate surface area is 201 Å². The van der Waals surface area contributed by atoms with E-state index in [1.807, 2.05) is 19.1 Å². The smallest absolute Gasteiger partial charge is 0.224 e. The number of anilines is 2. The fourth-order valence-electron chi connectivity index (χ4n) is 4.02. The lowest BCUT2D eigenvalue weighted by molar-refractivity contribution is 0.217. The first kappa shape index (κ1) is 24.1. The number of aromatic nitrogens is 3. The fraction of sp³-hybridized carbons (Fsp3) is 0.560. The number of aliphatic hydroxyl groups excluding tert-OH is 1. The third-order valence-corrected chi connectivity index (χ3v) is 6.42. The Morgan fingerprint density at radius 1 is 1.18 bits per heavy atom. The Morgan fingerprint density at radius 2 is 2.00 bits per heavy atom. The second-order valence-electron chi connectivity index (χ2n) is 8.89. The molecule has 2 aromatic heterocycles. The zero-order valence-electron chi connectivity index (χ0n) is 20.5. The van der Waals surface area contributed by atoms with Crippen molar-refractivity contribution in [3.05, 3.63) is 28.5 Å². The van der Waals surface area contributed by atoms with E-state index in [4.69, 9.17) is 24.2 Å². The number of rotatable bonds is 12. The molecule has 1 atom stereocenters. The lowest BCUT2D eigenvalue weighted by atomic mass is 10.0. The number of aliphatic hydroxyl groups is 1. The van der Waals surface area contributed by atoms with E-state index in [-0.39, 0.29) is 12.5 Å². The van der Waals surface area contributed by atoms with Crippen molar-refractivity contribution in [3.8, 4) is 11.8 Å². The van der Waals surface area contributed by atoms with Crippen LogP contribution in [0.1, 0.15) is 55.0 Å². The summed E-state index contributed by atoms with van der Waals surface area (Å²) in [5.41, 5.74) is 3.45. The summed E-state index contributed by atoms with van der Waals surface area (Å²) >= 11 is 0. The first-order valence-electron chi connectivity index (χ1n) is 12.0. The van der Waals surface area contributed by atoms with E-state index in [9.17, 15) is 5.11 Å². The summed E-state index contributed by atoms with van der Waals surface area (Å²) in [6.45, 7) is 6.16. The molecule has 9 nitrogen and oxygen atoms in total. The van der Waals surface area contributed by atoms with Gasteiger partial charge in [0.25, 0.3) is 0 Å². The quantitative estimate of drug-likeness (QED) is 0.427. The van der Waals surface area contributed by atoms with Gasteiger partial charge in [-0.2, -0.15) is 9.97 Å². The molecule has 2 aromatic rings. The maximum atomic E-state index is 9.56. The van der Waals surface area contributed by atoms with Crippen molar-refractivity contribution >= 4 is 23.6 Å². The topological polar surface area (TPSA) is 111 Å². The van der Waals surface area contributed by atoms with Crippen molar-refractivity contribution in [2.24, 2.45) is 11.8 Å². The molecular formula is C25H35N5O4. The number of ether oxygens (including phenoxy) is 3. The highest BCUT2D eigenvalue weighted by atomic mass is 16.5. The van der Waals surface area contributed by atoms with E-state index in [0.29, 0.717) is 42.5 Å². The van der Waals surface area contributed by atoms with E-state index in [0.717, 1.165) is 47.6 Å². The lowest BCUT2D eigenvalue weighted by Crippen LogP contribution is -2.17. The molecule has 0 radical (unpaired) electrons. The van der Waals surface area contributed by atoms with E-state index in [2.05, 4.69) is 22.5 Å². The molecule has 1 saturated carbocycles. The average molecular weight is 470 g/mol. The molecule has 0 amide bonds. The van der Waals surface area contributed by atoms with Crippen LogP contribution in [-0.2, 0) is 11.3 Å². The molecule has 1 aliphatic carbocycles. The van der Waals surface area contributed by atoms with Crippen molar-refractivity contribution in [1.29, 1.82) is 0 Å². The van der Waals surface area contributed by atoms with Crippen LogP contribution >= 0.6 is 0 Å². The van der Waals surface area contributed by atoms with Gasteiger partial charge in [0.15, 0.2) is 0 Å². The molecule has 0 spiro atoms. The number of hydrogen-bond donors (Lipinski definition) is 3. The van der Waals surface area contributed by atoms with Crippen LogP contribution in [0, 0.1) is 18.8 Å². The Bertz CT molecular complexity index is 1030. The van der Waals surface area contributed by atoms with Gasteiger partial charge in [0.2, 0.25) is 17.7 Å². The minimum atomic E-state index is 0.185. The van der Waals surface area contributed by atoms with Gasteiger partial charge in [-0.25, -0.2) is 4.98 Å². The van der Waals surface area contributed by atoms with Crippen molar-refractivity contribution in [2.45, 2.75) is 46.1 Å². The molecule has 1 unspecified atom stereocenters. The van der Waals surface area contributed by atoms with Crippen LogP contribution in [-0.4, -0.2) is 54.0 Å². The molecule has 34 heavy (non-hydrogen) atoms. The Hall–Kier alpha value is -3.07. The molecule has 3 N–H and O–H groups in total. The van der Waals surface area contributed by atoms with Crippen LogP contribution < -0.4 is 20.1 Å². The zero-order chi connectivity index (χ0) is 24.1. The number of nitrogens with one attached hydrogen (secondary N) is 2. The molecule has 3 heterocycles. The molecule has 2 aliphatic rings. The van der Waals surface area contributed by atoms with Gasteiger partial charge in [-0.3, -0.25) is 0 Å². The highest BCUT2D eigenvalue weighted by molar-refractivity contribution is 5.86. The molecule has 1 fully saturated rings. The number of nitrogens with zero attached hydrogens (tertiary/aromatic N) is 3. The normalized spacial score (nSPS) is 15.6. The first-order chi connectivity index (χ1) is 16.6. The Morgan fingerprint density at radius 3 is 2.68 bits per heavy atom. The summed E-state index contributed by atoms with van der Waals surface area (Å²) < 4.78 is 17.0. The van der Waals surface area contributed by atoms with E-state index in [1.54, 1.807) is 14.2 Å². The Balaban J connectivity index is 1.67. The minimum Gasteiger partial charge on any atom is -0.488 e. The monoisotopic (exact) mass is 469 g/mol. The van der Waals surface area contributed by atoms with Crippen molar-refractivity contribution < 1.29 is 19.3 Å². The van der Waals surface area contributed by atoms with Crippen molar-refractivity contribution in [1.82, 2.24) is 15.0 Å². The van der Waals surface area contributed by atoms with Crippen LogP contribution in [0.2, 0.25) is 0 Å². The second-order valence-corrected chi connectivity index (χ2v) is 8.89. The van der Waals surface area contributed by atoms with Crippen LogP contribution in [0.25, 0.3) is 11.8 Å². The summed E-state index contributed by atoms with van der Waals surface area (Å²) in [7, 11) is 3.17. The zero-order valence-corrected chi connectivity index (χ0v) is 20.5. The maximum absolute atomic E-state index is 9.56. The van der Waals surface area contributed by atoms with Crippen LogP contribution in [0.15, 0.2) is 6.07 Å². The predicted octanol–water partition coefficient (Wildman–Crippen LogP) is 3.87. The third-order valence-electron chi connectivity index (χ3n) is 6.42. The number of pyridine rings is 1. The lowest BCUT2D eigenvalue weighted by Gasteiger charge is -2.23. The van der Waals surface area contributed by atoms with E-state index >= 15 is 0 Å². The van der Waals surface area contributed by atoms with Gasteiger partial charge in [-0.05, 0) is 49.7 Å².